The second-order valence-electron chi connectivity index (χ2n) is 13.1. The van der Waals surface area contributed by atoms with Gasteiger partial charge in [-0.05, 0) is 86.8 Å². The van der Waals surface area contributed by atoms with Crippen molar-refractivity contribution in [1.82, 2.24) is 15.0 Å². The standard InChI is InChI=1S/C46H34N4/c1-2-29-13-3-8-18-36(29)43(47)30-23-25-31(26-24-30)44-48-45(41-27-32-14-4-6-16-34(32)37-19-9-11-21-39(37)41)50-46(49-44)42-28-33-15-5-7-17-35(33)38-20-10-12-22-40(38)42/h2-4,6,8-14,16,18-28,47H,1,5,7,15,17H2. The van der Waals surface area contributed by atoms with Crippen LogP contribution in [-0.4, -0.2) is 20.7 Å². The lowest BCUT2D eigenvalue weighted by Gasteiger charge is -2.20. The van der Waals surface area contributed by atoms with Crippen molar-refractivity contribution < 1.29 is 0 Å². The van der Waals surface area contributed by atoms with E-state index in [0.29, 0.717) is 23.2 Å². The summed E-state index contributed by atoms with van der Waals surface area (Å²) in [4.78, 5) is 15.7. The molecule has 0 amide bonds. The monoisotopic (exact) mass is 642 g/mol. The third-order valence-electron chi connectivity index (χ3n) is 10.1. The Morgan fingerprint density at radius 3 is 1.90 bits per heavy atom. The van der Waals surface area contributed by atoms with Crippen LogP contribution in [0.2, 0.25) is 0 Å². The van der Waals surface area contributed by atoms with Crippen LogP contribution in [0.25, 0.3) is 72.6 Å². The third kappa shape index (κ3) is 5.08. The molecule has 9 rings (SSSR count). The zero-order chi connectivity index (χ0) is 33.6. The summed E-state index contributed by atoms with van der Waals surface area (Å²) in [5.41, 5.74) is 8.80. The van der Waals surface area contributed by atoms with E-state index in [9.17, 15) is 0 Å². The molecule has 4 heteroatoms. The summed E-state index contributed by atoms with van der Waals surface area (Å²) < 4.78 is 0. The van der Waals surface area contributed by atoms with E-state index >= 15 is 0 Å². The van der Waals surface area contributed by atoms with E-state index in [4.69, 9.17) is 20.4 Å². The number of nitrogens with one attached hydrogen (secondary N) is 1. The average Bonchev–Trinajstić information content (AvgIpc) is 3.19. The molecule has 0 saturated carbocycles. The summed E-state index contributed by atoms with van der Waals surface area (Å²) in [7, 11) is 0. The van der Waals surface area contributed by atoms with Crippen LogP contribution in [-0.2, 0) is 12.8 Å². The van der Waals surface area contributed by atoms with Gasteiger partial charge in [0.1, 0.15) is 0 Å². The topological polar surface area (TPSA) is 62.5 Å². The van der Waals surface area contributed by atoms with Gasteiger partial charge >= 0.3 is 0 Å². The summed E-state index contributed by atoms with van der Waals surface area (Å²) in [6.07, 6.45) is 6.38. The van der Waals surface area contributed by atoms with Crippen LogP contribution in [0.1, 0.15) is 40.7 Å². The van der Waals surface area contributed by atoms with Gasteiger partial charge in [0.25, 0.3) is 0 Å². The van der Waals surface area contributed by atoms with Gasteiger partial charge in [-0.2, -0.15) is 0 Å². The van der Waals surface area contributed by atoms with Gasteiger partial charge in [-0.3, -0.25) is 5.41 Å². The maximum absolute atomic E-state index is 8.99. The molecule has 1 aromatic heterocycles. The Balaban J connectivity index is 1.26. The molecule has 1 aliphatic rings. The number of hydrogen-bond acceptors (Lipinski definition) is 4. The Labute approximate surface area is 291 Å². The first-order valence-corrected chi connectivity index (χ1v) is 17.3. The van der Waals surface area contributed by atoms with Gasteiger partial charge in [0, 0.05) is 27.8 Å². The molecular formula is C46H34N4. The molecule has 8 aromatic rings. The molecule has 0 fully saturated rings. The van der Waals surface area contributed by atoms with Crippen molar-refractivity contribution in [3.05, 3.63) is 168 Å². The maximum Gasteiger partial charge on any atom is 0.164 e. The number of rotatable bonds is 6. The normalized spacial score (nSPS) is 12.6. The second kappa shape index (κ2) is 12.3. The molecule has 0 spiro atoms. The van der Waals surface area contributed by atoms with Crippen LogP contribution in [0.3, 0.4) is 0 Å². The molecular weight excluding hydrogens is 609 g/mol. The van der Waals surface area contributed by atoms with Crippen molar-refractivity contribution in [2.45, 2.75) is 25.7 Å². The molecule has 1 N–H and O–H groups in total. The molecule has 1 heterocycles. The van der Waals surface area contributed by atoms with Gasteiger partial charge in [-0.1, -0.05) is 134 Å². The Hall–Kier alpha value is -6.26. The number of hydrogen-bond donors (Lipinski definition) is 1. The number of aromatic nitrogens is 3. The van der Waals surface area contributed by atoms with Crippen molar-refractivity contribution in [3.8, 4) is 34.2 Å². The first kappa shape index (κ1) is 29.8. The van der Waals surface area contributed by atoms with Crippen LogP contribution >= 0.6 is 0 Å². The van der Waals surface area contributed by atoms with E-state index < -0.39 is 0 Å². The molecule has 0 aliphatic heterocycles. The molecule has 50 heavy (non-hydrogen) atoms. The minimum Gasteiger partial charge on any atom is -0.300 e. The summed E-state index contributed by atoms with van der Waals surface area (Å²) in [5, 5.41) is 16.1. The SMILES string of the molecule is C=Cc1ccccc1C(=N)c1ccc(-c2nc(-c3cc4c(c5ccccc35)CCCC4)nc(-c3cc4ccccc4c4ccccc34)n2)cc1. The van der Waals surface area contributed by atoms with Crippen molar-refractivity contribution >= 4 is 44.1 Å². The lowest BCUT2D eigenvalue weighted by Crippen LogP contribution is -2.06. The first-order chi connectivity index (χ1) is 24.7. The average molecular weight is 643 g/mol. The van der Waals surface area contributed by atoms with Crippen molar-refractivity contribution in [2.75, 3.05) is 0 Å². The number of aryl methyl sites for hydroxylation is 2. The highest BCUT2D eigenvalue weighted by Gasteiger charge is 2.21. The fourth-order valence-electron chi connectivity index (χ4n) is 7.64. The van der Waals surface area contributed by atoms with Gasteiger partial charge in [0.15, 0.2) is 17.5 Å². The Morgan fingerprint density at radius 2 is 1.14 bits per heavy atom. The molecule has 4 nitrogen and oxygen atoms in total. The van der Waals surface area contributed by atoms with E-state index in [-0.39, 0.29) is 0 Å². The van der Waals surface area contributed by atoms with Crippen molar-refractivity contribution in [1.29, 1.82) is 5.41 Å². The highest BCUT2D eigenvalue weighted by Crippen LogP contribution is 2.38. The third-order valence-corrected chi connectivity index (χ3v) is 10.1. The Kier molecular flexibility index (Phi) is 7.35. The van der Waals surface area contributed by atoms with E-state index in [1.807, 2.05) is 48.5 Å². The lowest BCUT2D eigenvalue weighted by atomic mass is 9.85. The number of fused-ring (bicyclic) bond motifs is 6. The smallest absolute Gasteiger partial charge is 0.164 e. The van der Waals surface area contributed by atoms with Gasteiger partial charge < -0.3 is 0 Å². The highest BCUT2D eigenvalue weighted by atomic mass is 15.0. The summed E-state index contributed by atoms with van der Waals surface area (Å²) in [5.74, 6) is 1.92. The zero-order valence-corrected chi connectivity index (χ0v) is 27.7. The maximum atomic E-state index is 8.99. The molecule has 0 saturated heterocycles. The fourth-order valence-corrected chi connectivity index (χ4v) is 7.64. The van der Waals surface area contributed by atoms with Gasteiger partial charge in [-0.15, -0.1) is 0 Å². The molecule has 7 aromatic carbocycles. The number of benzene rings is 7. The van der Waals surface area contributed by atoms with Crippen LogP contribution in [0.4, 0.5) is 0 Å². The van der Waals surface area contributed by atoms with Crippen LogP contribution in [0.5, 0.6) is 0 Å². The summed E-state index contributed by atoms with van der Waals surface area (Å²) in [6, 6.07) is 46.2. The van der Waals surface area contributed by atoms with Crippen LogP contribution in [0, 0.1) is 5.41 Å². The van der Waals surface area contributed by atoms with E-state index in [1.54, 1.807) is 6.08 Å². The largest absolute Gasteiger partial charge is 0.300 e. The molecule has 0 bridgehead atoms. The molecule has 0 radical (unpaired) electrons. The van der Waals surface area contributed by atoms with E-state index in [0.717, 1.165) is 57.0 Å². The molecule has 0 atom stereocenters. The lowest BCUT2D eigenvalue weighted by molar-refractivity contribution is 0.690. The highest BCUT2D eigenvalue weighted by molar-refractivity contribution is 6.14. The van der Waals surface area contributed by atoms with E-state index in [2.05, 4.69) is 91.5 Å². The summed E-state index contributed by atoms with van der Waals surface area (Å²) >= 11 is 0. The summed E-state index contributed by atoms with van der Waals surface area (Å²) in [6.45, 7) is 3.95. The Morgan fingerprint density at radius 1 is 0.560 bits per heavy atom. The van der Waals surface area contributed by atoms with Gasteiger partial charge in [0.2, 0.25) is 0 Å². The van der Waals surface area contributed by atoms with Crippen molar-refractivity contribution in [3.63, 3.8) is 0 Å². The number of nitrogens with zero attached hydrogens (tertiary/aromatic N) is 3. The van der Waals surface area contributed by atoms with Gasteiger partial charge in [0.05, 0.1) is 5.71 Å². The predicted octanol–water partition coefficient (Wildman–Crippen LogP) is 11.3. The predicted molar refractivity (Wildman–Crippen MR) is 208 cm³/mol. The Bertz CT molecular complexity index is 2630. The van der Waals surface area contributed by atoms with Crippen LogP contribution < -0.4 is 0 Å². The minimum absolute atomic E-state index is 0.451. The minimum atomic E-state index is 0.451. The zero-order valence-electron chi connectivity index (χ0n) is 27.7. The van der Waals surface area contributed by atoms with Crippen LogP contribution in [0.15, 0.2) is 140 Å². The van der Waals surface area contributed by atoms with E-state index in [1.165, 1.54) is 45.5 Å². The molecule has 1 aliphatic carbocycles. The fraction of sp³-hybridized carbons (Fsp3) is 0.0870. The first-order valence-electron chi connectivity index (χ1n) is 17.3. The molecule has 0 unspecified atom stereocenters. The van der Waals surface area contributed by atoms with Gasteiger partial charge in [-0.25, -0.2) is 15.0 Å². The van der Waals surface area contributed by atoms with Crippen molar-refractivity contribution in [2.24, 2.45) is 0 Å². The quantitative estimate of drug-likeness (QED) is 0.145. The second-order valence-corrected chi connectivity index (χ2v) is 13.1. The molecule has 238 valence electrons.